The van der Waals surface area contributed by atoms with Crippen LogP contribution in [0.5, 0.6) is 0 Å². The van der Waals surface area contributed by atoms with Crippen LogP contribution in [0.15, 0.2) is 0 Å². The van der Waals surface area contributed by atoms with Crippen LogP contribution in [0.3, 0.4) is 0 Å². The molecular formula is C29H49N5O5. The zero-order valence-electron chi connectivity index (χ0n) is 25.0. The summed E-state index contributed by atoms with van der Waals surface area (Å²) in [5, 5.41) is 8.51. The number of hydrogen-bond acceptors (Lipinski definition) is 5. The minimum atomic E-state index is -1.07. The van der Waals surface area contributed by atoms with Crippen LogP contribution >= 0.6 is 0 Å². The Morgan fingerprint density at radius 1 is 0.974 bits per heavy atom. The standard InChI is InChI=1S/C29H49N5O5/c1-16(2)18-13-29(18)14-20(24(37)31-19(21(35)23(30)36)12-17-10-9-11-17)34(15-29)25(38)22(27(3,4)5)32-26(39)33-28(6,7)8/h16-20,22H,9-15H2,1-8H3,(H2,30,36)(H,31,37)(H2,32,33,39). The highest BCUT2D eigenvalue weighted by atomic mass is 16.2. The van der Waals surface area contributed by atoms with Crippen molar-refractivity contribution in [2.75, 3.05) is 6.54 Å². The van der Waals surface area contributed by atoms with Crippen LogP contribution in [0.2, 0.25) is 0 Å². The molecule has 3 fully saturated rings. The first-order chi connectivity index (χ1) is 17.8. The van der Waals surface area contributed by atoms with Gasteiger partial charge in [0.05, 0.1) is 6.04 Å². The summed E-state index contributed by atoms with van der Waals surface area (Å²) in [7, 11) is 0. The number of urea groups is 1. The lowest BCUT2D eigenvalue weighted by atomic mass is 9.80. The summed E-state index contributed by atoms with van der Waals surface area (Å²) in [6.07, 6.45) is 4.72. The number of nitrogens with two attached hydrogens (primary N) is 1. The maximum atomic E-state index is 14.1. The van der Waals surface area contributed by atoms with Crippen LogP contribution in [0.4, 0.5) is 4.79 Å². The largest absolute Gasteiger partial charge is 0.363 e. The number of Topliss-reactive ketones (excluding diaryl/α,β-unsaturated/α-hetero) is 1. The van der Waals surface area contributed by atoms with Gasteiger partial charge in [-0.05, 0) is 68.6 Å². The third kappa shape index (κ3) is 7.31. The lowest BCUT2D eigenvalue weighted by molar-refractivity contribution is -0.143. The van der Waals surface area contributed by atoms with Crippen molar-refractivity contribution in [3.05, 3.63) is 0 Å². The lowest BCUT2D eigenvalue weighted by Gasteiger charge is -2.36. The van der Waals surface area contributed by atoms with E-state index in [2.05, 4.69) is 29.8 Å². The maximum Gasteiger partial charge on any atom is 0.315 e. The Labute approximate surface area is 232 Å². The van der Waals surface area contributed by atoms with Gasteiger partial charge < -0.3 is 26.6 Å². The highest BCUT2D eigenvalue weighted by Crippen LogP contribution is 2.63. The Morgan fingerprint density at radius 2 is 1.59 bits per heavy atom. The van der Waals surface area contributed by atoms with Crippen LogP contribution < -0.4 is 21.7 Å². The molecule has 2 aliphatic carbocycles. The van der Waals surface area contributed by atoms with E-state index in [1.165, 1.54) is 0 Å². The molecule has 0 aromatic carbocycles. The third-order valence-corrected chi connectivity index (χ3v) is 8.65. The maximum absolute atomic E-state index is 14.1. The van der Waals surface area contributed by atoms with E-state index in [4.69, 9.17) is 5.73 Å². The lowest BCUT2D eigenvalue weighted by Crippen LogP contribution is -2.61. The molecule has 1 saturated heterocycles. The van der Waals surface area contributed by atoms with Crippen molar-refractivity contribution in [1.29, 1.82) is 0 Å². The predicted octanol–water partition coefficient (Wildman–Crippen LogP) is 2.49. The van der Waals surface area contributed by atoms with Gasteiger partial charge in [0, 0.05) is 12.1 Å². The fourth-order valence-electron chi connectivity index (χ4n) is 6.27. The quantitative estimate of drug-likeness (QED) is 0.327. The van der Waals surface area contributed by atoms with E-state index in [-0.39, 0.29) is 17.2 Å². The molecule has 1 heterocycles. The molecule has 5 amide bonds. The van der Waals surface area contributed by atoms with Gasteiger partial charge in [0.2, 0.25) is 17.6 Å². The topological polar surface area (TPSA) is 151 Å². The first-order valence-electron chi connectivity index (χ1n) is 14.4. The van der Waals surface area contributed by atoms with Gasteiger partial charge >= 0.3 is 6.03 Å². The van der Waals surface area contributed by atoms with Crippen molar-refractivity contribution in [3.63, 3.8) is 0 Å². The molecule has 0 radical (unpaired) electrons. The minimum Gasteiger partial charge on any atom is -0.363 e. The second kappa shape index (κ2) is 11.1. The van der Waals surface area contributed by atoms with Gasteiger partial charge in [0.25, 0.3) is 5.91 Å². The monoisotopic (exact) mass is 547 g/mol. The summed E-state index contributed by atoms with van der Waals surface area (Å²) >= 11 is 0. The zero-order chi connectivity index (χ0) is 29.5. The Morgan fingerprint density at radius 3 is 2.03 bits per heavy atom. The van der Waals surface area contributed by atoms with Crippen LogP contribution in [-0.2, 0) is 19.2 Å². The van der Waals surface area contributed by atoms with Crippen LogP contribution in [0, 0.1) is 28.6 Å². The first-order valence-corrected chi connectivity index (χ1v) is 14.4. The Hall–Kier alpha value is -2.65. The number of ketones is 1. The van der Waals surface area contributed by atoms with Gasteiger partial charge in [-0.3, -0.25) is 19.2 Å². The molecule has 1 aliphatic heterocycles. The van der Waals surface area contributed by atoms with Gasteiger partial charge in [-0.15, -0.1) is 0 Å². The summed E-state index contributed by atoms with van der Waals surface area (Å²) in [4.78, 5) is 66.6. The Kier molecular flexibility index (Phi) is 8.78. The van der Waals surface area contributed by atoms with E-state index in [0.29, 0.717) is 31.2 Å². The number of likely N-dealkylation sites (tertiary alicyclic amines) is 1. The number of hydrogen-bond donors (Lipinski definition) is 4. The molecule has 1 spiro atoms. The molecule has 2 saturated carbocycles. The number of rotatable bonds is 9. The normalized spacial score (nSPS) is 26.5. The highest BCUT2D eigenvalue weighted by molar-refractivity contribution is 6.37. The van der Waals surface area contributed by atoms with Crippen LogP contribution in [0.25, 0.3) is 0 Å². The molecule has 10 heteroatoms. The Bertz CT molecular complexity index is 993. The molecule has 0 aromatic heterocycles. The summed E-state index contributed by atoms with van der Waals surface area (Å²) < 4.78 is 0. The van der Waals surface area contributed by atoms with Crippen molar-refractivity contribution in [1.82, 2.24) is 20.9 Å². The van der Waals surface area contributed by atoms with Crippen molar-refractivity contribution in [2.24, 2.45) is 34.3 Å². The molecule has 5 unspecified atom stereocenters. The minimum absolute atomic E-state index is 0.168. The molecule has 10 nitrogen and oxygen atoms in total. The number of nitrogens with zero attached hydrogens (tertiary/aromatic N) is 1. The SMILES string of the molecule is CC(C)C1CC12CC(C(=O)NC(CC1CCC1)C(=O)C(N)=O)N(C(=O)C(NC(=O)NC(C)(C)C)C(C)(C)C)C2. The van der Waals surface area contributed by atoms with E-state index < -0.39 is 52.7 Å². The molecule has 220 valence electrons. The summed E-state index contributed by atoms with van der Waals surface area (Å²) in [6, 6.07) is -3.13. The zero-order valence-corrected chi connectivity index (χ0v) is 25.0. The van der Waals surface area contributed by atoms with E-state index in [0.717, 1.165) is 25.7 Å². The molecule has 5 atom stereocenters. The average molecular weight is 548 g/mol. The number of carbonyl (C=O) groups is 5. The fraction of sp³-hybridized carbons (Fsp3) is 0.828. The van der Waals surface area contributed by atoms with Crippen LogP contribution in [0.1, 0.15) is 93.9 Å². The van der Waals surface area contributed by atoms with E-state index >= 15 is 0 Å². The van der Waals surface area contributed by atoms with Gasteiger partial charge in [-0.25, -0.2) is 4.79 Å². The second-order valence-corrected chi connectivity index (χ2v) is 14.6. The molecule has 3 rings (SSSR count). The highest BCUT2D eigenvalue weighted by Gasteiger charge is 2.63. The van der Waals surface area contributed by atoms with Crippen molar-refractivity contribution >= 4 is 29.5 Å². The van der Waals surface area contributed by atoms with Crippen molar-refractivity contribution in [2.45, 2.75) is 118 Å². The number of amides is 5. The van der Waals surface area contributed by atoms with Gasteiger partial charge in [0.15, 0.2) is 0 Å². The Balaban J connectivity index is 1.87. The summed E-state index contributed by atoms with van der Waals surface area (Å²) in [5.74, 6) is -1.60. The van der Waals surface area contributed by atoms with Gasteiger partial charge in [0.1, 0.15) is 12.1 Å². The molecule has 3 aliphatic rings. The smallest absolute Gasteiger partial charge is 0.315 e. The van der Waals surface area contributed by atoms with E-state index in [1.807, 2.05) is 41.5 Å². The van der Waals surface area contributed by atoms with Gasteiger partial charge in [-0.2, -0.15) is 0 Å². The summed E-state index contributed by atoms with van der Waals surface area (Å²) in [6.45, 7) is 15.9. The number of nitrogens with one attached hydrogen (secondary N) is 3. The fourth-order valence-corrected chi connectivity index (χ4v) is 6.27. The molecule has 39 heavy (non-hydrogen) atoms. The average Bonchev–Trinajstić information content (AvgIpc) is 3.32. The van der Waals surface area contributed by atoms with Crippen molar-refractivity contribution < 1.29 is 24.0 Å². The summed E-state index contributed by atoms with van der Waals surface area (Å²) in [5.41, 5.74) is 4.03. The molecule has 0 aromatic rings. The second-order valence-electron chi connectivity index (χ2n) is 14.6. The first kappa shape index (κ1) is 30.9. The predicted molar refractivity (Wildman–Crippen MR) is 148 cm³/mol. The molecule has 0 bridgehead atoms. The number of primary amides is 1. The van der Waals surface area contributed by atoms with Crippen LogP contribution in [-0.4, -0.2) is 64.6 Å². The third-order valence-electron chi connectivity index (χ3n) is 8.65. The van der Waals surface area contributed by atoms with E-state index in [9.17, 15) is 24.0 Å². The molecule has 5 N–H and O–H groups in total. The number of carbonyl (C=O) groups excluding carboxylic acids is 5. The molecular weight excluding hydrogens is 498 g/mol. The van der Waals surface area contributed by atoms with Gasteiger partial charge in [-0.1, -0.05) is 53.9 Å². The van der Waals surface area contributed by atoms with Crippen molar-refractivity contribution in [3.8, 4) is 0 Å². The van der Waals surface area contributed by atoms with E-state index in [1.54, 1.807) is 4.90 Å².